The molecular formula is C16H18BrF2NS. The molecule has 0 spiro atoms. The molecule has 0 fully saturated rings. The molecule has 2 aromatic rings. The molecule has 0 saturated heterocycles. The lowest BCUT2D eigenvalue weighted by molar-refractivity contribution is 0.428. The van der Waals surface area contributed by atoms with Crippen LogP contribution in [0.25, 0.3) is 10.4 Å². The molecule has 21 heavy (non-hydrogen) atoms. The van der Waals surface area contributed by atoms with Crippen molar-refractivity contribution in [2.45, 2.75) is 26.8 Å². The van der Waals surface area contributed by atoms with Crippen LogP contribution in [-0.2, 0) is 0 Å². The Balaban J connectivity index is 2.37. The summed E-state index contributed by atoms with van der Waals surface area (Å²) in [5.74, 6) is -0.671. The summed E-state index contributed by atoms with van der Waals surface area (Å²) in [6.45, 7) is 7.26. The minimum atomic E-state index is -0.583. The number of benzene rings is 1. The van der Waals surface area contributed by atoms with Gasteiger partial charge in [-0.25, -0.2) is 8.78 Å². The molecule has 2 rings (SSSR count). The van der Waals surface area contributed by atoms with Gasteiger partial charge in [-0.2, -0.15) is 0 Å². The van der Waals surface area contributed by atoms with Crippen LogP contribution in [0.4, 0.5) is 8.78 Å². The van der Waals surface area contributed by atoms with Crippen LogP contribution in [0.1, 0.15) is 31.7 Å². The first-order chi connectivity index (χ1) is 9.93. The summed E-state index contributed by atoms with van der Waals surface area (Å²) in [5, 5.41) is 3.45. The Morgan fingerprint density at radius 2 is 1.90 bits per heavy atom. The van der Waals surface area contributed by atoms with E-state index in [1.807, 2.05) is 12.1 Å². The zero-order valence-corrected chi connectivity index (χ0v) is 14.6. The van der Waals surface area contributed by atoms with Gasteiger partial charge < -0.3 is 5.32 Å². The van der Waals surface area contributed by atoms with Crippen molar-refractivity contribution in [1.82, 2.24) is 5.32 Å². The molecule has 0 aliphatic heterocycles. The second-order valence-corrected chi connectivity index (χ2v) is 7.20. The molecule has 0 saturated carbocycles. The average Bonchev–Trinajstić information content (AvgIpc) is 2.89. The molecule has 1 unspecified atom stereocenters. The summed E-state index contributed by atoms with van der Waals surface area (Å²) in [6.07, 6.45) is 0. The van der Waals surface area contributed by atoms with Crippen molar-refractivity contribution in [3.8, 4) is 10.4 Å². The second-order valence-electron chi connectivity index (χ2n) is 5.23. The number of thiophene rings is 1. The highest BCUT2D eigenvalue weighted by atomic mass is 79.9. The van der Waals surface area contributed by atoms with E-state index in [1.165, 1.54) is 10.9 Å². The largest absolute Gasteiger partial charge is 0.309 e. The minimum absolute atomic E-state index is 0.251. The third-order valence-electron chi connectivity index (χ3n) is 3.30. The fourth-order valence-corrected chi connectivity index (χ4v) is 3.88. The third kappa shape index (κ3) is 3.71. The number of halogens is 3. The molecule has 1 nitrogen and oxygen atoms in total. The van der Waals surface area contributed by atoms with E-state index < -0.39 is 11.6 Å². The molecule has 0 aliphatic carbocycles. The highest BCUT2D eigenvalue weighted by molar-refractivity contribution is 9.10. The van der Waals surface area contributed by atoms with E-state index in [-0.39, 0.29) is 10.5 Å². The van der Waals surface area contributed by atoms with E-state index in [1.54, 1.807) is 11.3 Å². The van der Waals surface area contributed by atoms with Crippen molar-refractivity contribution in [3.63, 3.8) is 0 Å². The van der Waals surface area contributed by atoms with Gasteiger partial charge in [0.2, 0.25) is 0 Å². The van der Waals surface area contributed by atoms with Gasteiger partial charge in [0.05, 0.1) is 4.47 Å². The van der Waals surface area contributed by atoms with Gasteiger partial charge in [0.1, 0.15) is 11.6 Å². The molecule has 1 atom stereocenters. The third-order valence-corrected chi connectivity index (χ3v) is 5.11. The maximum atomic E-state index is 14.0. The Morgan fingerprint density at radius 1 is 1.19 bits per heavy atom. The van der Waals surface area contributed by atoms with Crippen LogP contribution in [0.15, 0.2) is 28.7 Å². The van der Waals surface area contributed by atoms with Crippen molar-refractivity contribution < 1.29 is 8.78 Å². The maximum absolute atomic E-state index is 14.0. The highest BCUT2D eigenvalue weighted by Gasteiger charge is 2.18. The average molecular weight is 374 g/mol. The van der Waals surface area contributed by atoms with Crippen LogP contribution in [0.2, 0.25) is 0 Å². The summed E-state index contributed by atoms with van der Waals surface area (Å²) in [5.41, 5.74) is 0.429. The van der Waals surface area contributed by atoms with Crippen molar-refractivity contribution in [1.29, 1.82) is 0 Å². The lowest BCUT2D eigenvalue weighted by atomic mass is 10.0. The van der Waals surface area contributed by atoms with E-state index >= 15 is 0 Å². The zero-order chi connectivity index (χ0) is 15.6. The summed E-state index contributed by atoms with van der Waals surface area (Å²) in [7, 11) is 0. The molecule has 114 valence electrons. The van der Waals surface area contributed by atoms with Gasteiger partial charge in [-0.15, -0.1) is 11.3 Å². The number of rotatable bonds is 5. The number of hydrogen-bond donors (Lipinski definition) is 1. The fraction of sp³-hybridized carbons (Fsp3) is 0.375. The predicted molar refractivity (Wildman–Crippen MR) is 88.6 cm³/mol. The molecule has 0 aliphatic rings. The molecule has 1 N–H and O–H groups in total. The molecular weight excluding hydrogens is 356 g/mol. The topological polar surface area (TPSA) is 12.0 Å². The number of hydrogen-bond acceptors (Lipinski definition) is 2. The lowest BCUT2D eigenvalue weighted by Crippen LogP contribution is -2.24. The smallest absolute Gasteiger partial charge is 0.140 e. The van der Waals surface area contributed by atoms with Crippen LogP contribution < -0.4 is 5.32 Å². The quantitative estimate of drug-likeness (QED) is 0.656. The first kappa shape index (κ1) is 16.6. The predicted octanol–water partition coefficient (Wildman–Crippen LogP) is 5.76. The van der Waals surface area contributed by atoms with Crippen LogP contribution in [0.3, 0.4) is 0 Å². The van der Waals surface area contributed by atoms with Gasteiger partial charge in [0.15, 0.2) is 0 Å². The van der Waals surface area contributed by atoms with Gasteiger partial charge in [0.25, 0.3) is 0 Å². The van der Waals surface area contributed by atoms with Crippen LogP contribution in [0, 0.1) is 17.6 Å². The Morgan fingerprint density at radius 3 is 2.52 bits per heavy atom. The van der Waals surface area contributed by atoms with Crippen molar-refractivity contribution in [2.24, 2.45) is 5.92 Å². The van der Waals surface area contributed by atoms with Crippen molar-refractivity contribution in [2.75, 3.05) is 6.54 Å². The van der Waals surface area contributed by atoms with Gasteiger partial charge in [-0.3, -0.25) is 0 Å². The van der Waals surface area contributed by atoms with Gasteiger partial charge in [0, 0.05) is 27.4 Å². The molecule has 1 aromatic heterocycles. The van der Waals surface area contributed by atoms with Crippen molar-refractivity contribution in [3.05, 3.63) is 45.2 Å². The minimum Gasteiger partial charge on any atom is -0.309 e. The second kappa shape index (κ2) is 6.99. The summed E-state index contributed by atoms with van der Waals surface area (Å²) in [6, 6.07) is 6.58. The summed E-state index contributed by atoms with van der Waals surface area (Å²) >= 11 is 4.66. The van der Waals surface area contributed by atoms with Crippen LogP contribution in [-0.4, -0.2) is 6.54 Å². The van der Waals surface area contributed by atoms with Crippen LogP contribution in [0.5, 0.6) is 0 Å². The number of nitrogens with one attached hydrogen (secondary N) is 1. The monoisotopic (exact) mass is 373 g/mol. The van der Waals surface area contributed by atoms with Gasteiger partial charge >= 0.3 is 0 Å². The summed E-state index contributed by atoms with van der Waals surface area (Å²) < 4.78 is 27.6. The summed E-state index contributed by atoms with van der Waals surface area (Å²) in [4.78, 5) is 1.98. The SMILES string of the molecule is CCNC(c1ccc(-c2cc(Br)c(F)cc2F)s1)C(C)C. The molecule has 0 radical (unpaired) electrons. The van der Waals surface area contributed by atoms with E-state index in [4.69, 9.17) is 0 Å². The van der Waals surface area contributed by atoms with Gasteiger partial charge in [-0.1, -0.05) is 20.8 Å². The molecule has 1 aromatic carbocycles. The van der Waals surface area contributed by atoms with Gasteiger partial charge in [-0.05, 0) is 46.6 Å². The normalized spacial score (nSPS) is 12.9. The first-order valence-corrected chi connectivity index (χ1v) is 8.53. The highest BCUT2D eigenvalue weighted by Crippen LogP contribution is 2.36. The van der Waals surface area contributed by atoms with Crippen molar-refractivity contribution >= 4 is 27.3 Å². The van der Waals surface area contributed by atoms with E-state index in [0.717, 1.165) is 17.5 Å². The molecule has 5 heteroatoms. The maximum Gasteiger partial charge on any atom is 0.140 e. The standard InChI is InChI=1S/C16H18BrF2NS/c1-4-20-16(9(2)3)15-6-5-14(21-15)10-7-11(17)13(19)8-12(10)18/h5-9,16,20H,4H2,1-3H3. The lowest BCUT2D eigenvalue weighted by Gasteiger charge is -2.20. The zero-order valence-electron chi connectivity index (χ0n) is 12.2. The fourth-order valence-electron chi connectivity index (χ4n) is 2.26. The molecule has 1 heterocycles. The Labute approximate surface area is 136 Å². The molecule has 0 amide bonds. The molecule has 0 bridgehead atoms. The first-order valence-electron chi connectivity index (χ1n) is 6.92. The Bertz CT molecular complexity index is 625. The Kier molecular flexibility index (Phi) is 5.52. The Hall–Kier alpha value is -0.780. The van der Waals surface area contributed by atoms with E-state index in [9.17, 15) is 8.78 Å². The van der Waals surface area contributed by atoms with E-state index in [2.05, 4.69) is 42.0 Å². The van der Waals surface area contributed by atoms with E-state index in [0.29, 0.717) is 11.5 Å². The van der Waals surface area contributed by atoms with Crippen LogP contribution >= 0.6 is 27.3 Å².